The van der Waals surface area contributed by atoms with Crippen molar-refractivity contribution in [3.63, 3.8) is 0 Å². The molecule has 41 heavy (non-hydrogen) atoms. The minimum absolute atomic E-state index is 0.332. The van der Waals surface area contributed by atoms with Crippen LogP contribution in [0.15, 0.2) is 140 Å². The first kappa shape index (κ1) is 27.1. The van der Waals surface area contributed by atoms with Gasteiger partial charge in [-0.2, -0.15) is 0 Å². The molecule has 0 bridgehead atoms. The number of hydrogen-bond donors (Lipinski definition) is 1. The van der Waals surface area contributed by atoms with Gasteiger partial charge in [0.15, 0.2) is 0 Å². The van der Waals surface area contributed by atoms with Crippen molar-refractivity contribution in [3.8, 4) is 0 Å². The van der Waals surface area contributed by atoms with Gasteiger partial charge >= 0.3 is 0 Å². The van der Waals surface area contributed by atoms with Crippen molar-refractivity contribution in [3.05, 3.63) is 189 Å². The molecule has 1 aliphatic rings. The number of hydrogen-bond acceptors (Lipinski definition) is 1. The van der Waals surface area contributed by atoms with Gasteiger partial charge in [0.05, 0.1) is 5.41 Å². The molecule has 0 aromatic heterocycles. The molecular weight excluding hydrogens is 518 g/mol. The topological polar surface area (TPSA) is 12.0 Å². The fourth-order valence-corrected chi connectivity index (χ4v) is 6.87. The molecule has 1 N–H and O–H groups in total. The Kier molecular flexibility index (Phi) is 8.07. The fraction of sp³-hybridized carbons (Fsp3) is 0.179. The Morgan fingerprint density at radius 2 is 1.27 bits per heavy atom. The lowest BCUT2D eigenvalue weighted by atomic mass is 9.62. The quantitative estimate of drug-likeness (QED) is 0.181. The van der Waals surface area contributed by atoms with Gasteiger partial charge < -0.3 is 5.32 Å². The van der Waals surface area contributed by atoms with Gasteiger partial charge in [-0.1, -0.05) is 140 Å². The van der Waals surface area contributed by atoms with Crippen molar-refractivity contribution >= 4 is 11.6 Å². The molecule has 0 unspecified atom stereocenters. The van der Waals surface area contributed by atoms with Gasteiger partial charge in [-0.25, -0.2) is 0 Å². The van der Waals surface area contributed by atoms with E-state index in [9.17, 15) is 0 Å². The second-order valence-corrected chi connectivity index (χ2v) is 11.5. The molecule has 2 heteroatoms. The van der Waals surface area contributed by atoms with Crippen LogP contribution in [0.4, 0.5) is 0 Å². The number of allylic oxidation sites excluding steroid dienone is 1. The van der Waals surface area contributed by atoms with Crippen LogP contribution in [0.25, 0.3) is 0 Å². The number of rotatable bonds is 10. The predicted octanol–water partition coefficient (Wildman–Crippen LogP) is 9.45. The third-order valence-electron chi connectivity index (χ3n) is 8.64. The van der Waals surface area contributed by atoms with E-state index in [4.69, 9.17) is 18.2 Å². The molecule has 0 fully saturated rings. The first-order chi connectivity index (χ1) is 20.1. The molecule has 0 radical (unpaired) electrons. The van der Waals surface area contributed by atoms with E-state index >= 15 is 0 Å². The van der Waals surface area contributed by atoms with Gasteiger partial charge in [0, 0.05) is 17.3 Å². The molecule has 5 aromatic carbocycles. The lowest BCUT2D eigenvalue weighted by Crippen LogP contribution is -2.40. The summed E-state index contributed by atoms with van der Waals surface area (Å²) in [4.78, 5) is 0. The van der Waals surface area contributed by atoms with Crippen LogP contribution in [-0.2, 0) is 31.2 Å². The summed E-state index contributed by atoms with van der Waals surface area (Å²) in [6.07, 6.45) is 4.86. The van der Waals surface area contributed by atoms with Crippen LogP contribution in [0.2, 0.25) is 5.02 Å². The third-order valence-corrected chi connectivity index (χ3v) is 9.00. The summed E-state index contributed by atoms with van der Waals surface area (Å²) >= 11 is 6.84. The van der Waals surface area contributed by atoms with E-state index < -0.39 is 0 Å². The first-order valence-corrected chi connectivity index (χ1v) is 15.0. The summed E-state index contributed by atoms with van der Waals surface area (Å²) in [5, 5.41) is 4.62. The zero-order valence-electron chi connectivity index (χ0n) is 23.5. The Bertz CT molecular complexity index is 1590. The average molecular weight is 554 g/mol. The molecule has 6 rings (SSSR count). The van der Waals surface area contributed by atoms with E-state index in [0.29, 0.717) is 6.54 Å². The van der Waals surface area contributed by atoms with Crippen molar-refractivity contribution in [1.29, 1.82) is 0 Å². The fourth-order valence-electron chi connectivity index (χ4n) is 6.61. The van der Waals surface area contributed by atoms with Crippen molar-refractivity contribution < 1.29 is 0 Å². The molecule has 5 aromatic rings. The van der Waals surface area contributed by atoms with Crippen LogP contribution in [0.5, 0.6) is 0 Å². The predicted molar refractivity (Wildman–Crippen MR) is 173 cm³/mol. The number of fused-ring (bicyclic) bond motifs is 2. The highest BCUT2D eigenvalue weighted by Crippen LogP contribution is 2.48. The van der Waals surface area contributed by atoms with Gasteiger partial charge in [0.1, 0.15) is 0 Å². The number of nitrogens with one attached hydrogen (secondary N) is 1. The van der Waals surface area contributed by atoms with Gasteiger partial charge in [-0.3, -0.25) is 0 Å². The Labute approximate surface area is 249 Å². The molecule has 1 aliphatic carbocycles. The lowest BCUT2D eigenvalue weighted by molar-refractivity contribution is 0.475. The summed E-state index contributed by atoms with van der Waals surface area (Å²) in [6, 6.07) is 45.6. The summed E-state index contributed by atoms with van der Waals surface area (Å²) in [6.45, 7) is 5.41. The molecule has 0 saturated heterocycles. The van der Waals surface area contributed by atoms with E-state index in [0.717, 1.165) is 48.4 Å². The van der Waals surface area contributed by atoms with Crippen molar-refractivity contribution in [1.82, 2.24) is 5.32 Å². The summed E-state index contributed by atoms with van der Waals surface area (Å²) in [5.74, 6) is 0. The average Bonchev–Trinajstić information content (AvgIpc) is 3.01. The lowest BCUT2D eigenvalue weighted by Gasteiger charge is -2.43. The summed E-state index contributed by atoms with van der Waals surface area (Å²) in [7, 11) is 0. The van der Waals surface area contributed by atoms with Crippen LogP contribution < -0.4 is 5.32 Å². The van der Waals surface area contributed by atoms with Gasteiger partial charge in [-0.05, 0) is 82.7 Å². The Morgan fingerprint density at radius 3 is 1.93 bits per heavy atom. The smallest absolute Gasteiger partial charge is 0.0598 e. The summed E-state index contributed by atoms with van der Waals surface area (Å²) < 4.78 is 0. The standard InChI is InChI=1S/C39H36ClN/c1-29(41-28-35-32(21-12-24-38(35)40)26-31-16-6-3-7-17-31)39(25-13-18-30-14-4-2-5-15-30)36-22-10-8-19-33(36)27-34-20-9-11-23-37(34)39/h2-12,14-17,19-24,41H,1,13,18,25-28H2. The minimum Gasteiger partial charge on any atom is -0.384 e. The van der Waals surface area contributed by atoms with Crippen LogP contribution >= 0.6 is 11.6 Å². The molecule has 1 nitrogen and oxygen atoms in total. The van der Waals surface area contributed by atoms with Crippen molar-refractivity contribution in [2.24, 2.45) is 0 Å². The Hall–Kier alpha value is -4.07. The number of halogens is 1. The maximum Gasteiger partial charge on any atom is 0.0598 e. The third kappa shape index (κ3) is 5.60. The zero-order valence-corrected chi connectivity index (χ0v) is 24.2. The van der Waals surface area contributed by atoms with Gasteiger partial charge in [-0.15, -0.1) is 0 Å². The molecule has 0 saturated carbocycles. The Balaban J connectivity index is 1.35. The highest BCUT2D eigenvalue weighted by atomic mass is 35.5. The molecule has 0 aliphatic heterocycles. The normalized spacial score (nSPS) is 13.2. The van der Waals surface area contributed by atoms with E-state index in [2.05, 4.69) is 127 Å². The first-order valence-electron chi connectivity index (χ1n) is 14.6. The van der Waals surface area contributed by atoms with E-state index in [1.54, 1.807) is 0 Å². The van der Waals surface area contributed by atoms with Gasteiger partial charge in [0.25, 0.3) is 0 Å². The van der Waals surface area contributed by atoms with Crippen LogP contribution in [0, 0.1) is 0 Å². The van der Waals surface area contributed by atoms with E-state index in [-0.39, 0.29) is 5.41 Å². The van der Waals surface area contributed by atoms with E-state index in [1.807, 2.05) is 6.07 Å². The van der Waals surface area contributed by atoms with Gasteiger partial charge in [0.2, 0.25) is 0 Å². The molecule has 0 heterocycles. The largest absolute Gasteiger partial charge is 0.384 e. The molecule has 204 valence electrons. The highest BCUT2D eigenvalue weighted by Gasteiger charge is 2.42. The second kappa shape index (κ2) is 12.2. The maximum atomic E-state index is 6.84. The molecule has 0 amide bonds. The SMILES string of the molecule is C=C(NCc1c(Cl)cccc1Cc1ccccc1)C1(CCCc2ccccc2)c2ccccc2Cc2ccccc21. The monoisotopic (exact) mass is 553 g/mol. The van der Waals surface area contributed by atoms with Crippen LogP contribution in [0.1, 0.15) is 57.3 Å². The minimum atomic E-state index is -0.332. The zero-order chi connectivity index (χ0) is 28.1. The second-order valence-electron chi connectivity index (χ2n) is 11.1. The Morgan fingerprint density at radius 1 is 0.683 bits per heavy atom. The van der Waals surface area contributed by atoms with Crippen LogP contribution in [-0.4, -0.2) is 0 Å². The highest BCUT2D eigenvalue weighted by molar-refractivity contribution is 6.31. The molecular formula is C39H36ClN. The number of aryl methyl sites for hydroxylation is 1. The summed E-state index contributed by atoms with van der Waals surface area (Å²) in [5.41, 5.74) is 11.2. The molecule has 0 atom stereocenters. The maximum absolute atomic E-state index is 6.84. The molecule has 0 spiro atoms. The van der Waals surface area contributed by atoms with Crippen molar-refractivity contribution in [2.45, 2.75) is 44.1 Å². The van der Waals surface area contributed by atoms with Crippen molar-refractivity contribution in [2.75, 3.05) is 0 Å². The van der Waals surface area contributed by atoms with E-state index in [1.165, 1.54) is 38.9 Å². The van der Waals surface area contributed by atoms with Crippen LogP contribution in [0.3, 0.4) is 0 Å². The number of benzene rings is 5.